The summed E-state index contributed by atoms with van der Waals surface area (Å²) in [6.45, 7) is -0.695. The SMILES string of the molecule is O=C(N1CC2(C(=O)O)CC1CO2)C(F)(F)F. The minimum absolute atomic E-state index is 0.0792. The highest BCUT2D eigenvalue weighted by Crippen LogP contribution is 2.39. The van der Waals surface area contributed by atoms with Crippen LogP contribution in [0.3, 0.4) is 0 Å². The first-order valence-corrected chi connectivity index (χ1v) is 4.51. The van der Waals surface area contributed by atoms with Gasteiger partial charge in [-0.3, -0.25) is 4.79 Å². The summed E-state index contributed by atoms with van der Waals surface area (Å²) in [7, 11) is 0. The van der Waals surface area contributed by atoms with Crippen LogP contribution in [0.1, 0.15) is 6.42 Å². The number of ether oxygens (including phenoxy) is 1. The molecule has 0 aromatic heterocycles. The molecule has 16 heavy (non-hydrogen) atoms. The van der Waals surface area contributed by atoms with Crippen molar-refractivity contribution >= 4 is 11.9 Å². The van der Waals surface area contributed by atoms with E-state index in [1.165, 1.54) is 0 Å². The molecule has 0 saturated carbocycles. The number of hydrogen-bond acceptors (Lipinski definition) is 3. The van der Waals surface area contributed by atoms with E-state index < -0.39 is 36.2 Å². The van der Waals surface area contributed by atoms with Crippen LogP contribution in [-0.2, 0) is 14.3 Å². The Morgan fingerprint density at radius 2 is 2.06 bits per heavy atom. The van der Waals surface area contributed by atoms with Crippen molar-refractivity contribution in [3.8, 4) is 0 Å². The van der Waals surface area contributed by atoms with E-state index in [-0.39, 0.29) is 13.0 Å². The number of carbonyl (C=O) groups excluding carboxylic acids is 1. The Labute approximate surface area is 87.8 Å². The van der Waals surface area contributed by atoms with E-state index in [1.807, 2.05) is 0 Å². The molecule has 5 nitrogen and oxygen atoms in total. The quantitative estimate of drug-likeness (QED) is 0.699. The van der Waals surface area contributed by atoms with Gasteiger partial charge < -0.3 is 14.7 Å². The lowest BCUT2D eigenvalue weighted by molar-refractivity contribution is -0.193. The van der Waals surface area contributed by atoms with Crippen LogP contribution in [0.4, 0.5) is 13.2 Å². The third-order valence-corrected chi connectivity index (χ3v) is 2.88. The minimum atomic E-state index is -4.97. The highest BCUT2D eigenvalue weighted by atomic mass is 19.4. The highest BCUT2D eigenvalue weighted by Gasteiger charge is 2.60. The lowest BCUT2D eigenvalue weighted by Crippen LogP contribution is -2.52. The first-order valence-electron chi connectivity index (χ1n) is 4.51. The number of carboxylic acids is 1. The van der Waals surface area contributed by atoms with Gasteiger partial charge in [-0.05, 0) is 0 Å². The van der Waals surface area contributed by atoms with Crippen molar-refractivity contribution < 1.29 is 32.6 Å². The zero-order valence-corrected chi connectivity index (χ0v) is 7.95. The summed E-state index contributed by atoms with van der Waals surface area (Å²) < 4.78 is 41.4. The Bertz CT molecular complexity index is 356. The van der Waals surface area contributed by atoms with Crippen LogP contribution in [0.25, 0.3) is 0 Å². The molecular weight excluding hydrogens is 231 g/mol. The lowest BCUT2D eigenvalue weighted by Gasteiger charge is -2.30. The Balaban J connectivity index is 2.19. The number of rotatable bonds is 1. The van der Waals surface area contributed by atoms with E-state index in [1.54, 1.807) is 0 Å². The van der Waals surface area contributed by atoms with Gasteiger partial charge in [0.2, 0.25) is 0 Å². The van der Waals surface area contributed by atoms with E-state index in [2.05, 4.69) is 0 Å². The Morgan fingerprint density at radius 1 is 1.44 bits per heavy atom. The molecule has 2 unspecified atom stereocenters. The number of halogens is 3. The van der Waals surface area contributed by atoms with Gasteiger partial charge in [-0.25, -0.2) is 4.79 Å². The second kappa shape index (κ2) is 3.09. The maximum atomic E-state index is 12.2. The Hall–Kier alpha value is -1.31. The summed E-state index contributed by atoms with van der Waals surface area (Å²) in [6.07, 6.45) is -5.05. The summed E-state index contributed by atoms with van der Waals surface area (Å²) in [5.41, 5.74) is -1.65. The van der Waals surface area contributed by atoms with Crippen LogP contribution in [-0.4, -0.2) is 52.9 Å². The van der Waals surface area contributed by atoms with Gasteiger partial charge in [-0.2, -0.15) is 13.2 Å². The van der Waals surface area contributed by atoms with E-state index >= 15 is 0 Å². The molecule has 2 aliphatic rings. The van der Waals surface area contributed by atoms with Gasteiger partial charge >= 0.3 is 18.1 Å². The topological polar surface area (TPSA) is 66.8 Å². The van der Waals surface area contributed by atoms with Crippen LogP contribution in [0.15, 0.2) is 0 Å². The summed E-state index contributed by atoms with van der Waals surface area (Å²) in [6, 6.07) is -0.787. The molecular formula is C8H8F3NO4. The van der Waals surface area contributed by atoms with Crippen molar-refractivity contribution in [1.82, 2.24) is 4.90 Å². The maximum absolute atomic E-state index is 12.2. The molecule has 0 aromatic carbocycles. The van der Waals surface area contributed by atoms with Gasteiger partial charge in [-0.1, -0.05) is 0 Å². The second-order valence-corrected chi connectivity index (χ2v) is 3.90. The molecule has 2 heterocycles. The van der Waals surface area contributed by atoms with Crippen molar-refractivity contribution in [3.63, 3.8) is 0 Å². The number of nitrogens with zero attached hydrogens (tertiary/aromatic N) is 1. The van der Waals surface area contributed by atoms with Crippen molar-refractivity contribution in [3.05, 3.63) is 0 Å². The predicted molar refractivity (Wildman–Crippen MR) is 42.5 cm³/mol. The highest BCUT2D eigenvalue weighted by molar-refractivity contribution is 5.86. The molecule has 2 fully saturated rings. The molecule has 8 heteroatoms. The Kier molecular flexibility index (Phi) is 2.16. The molecule has 0 spiro atoms. The standard InChI is InChI=1S/C8H8F3NO4/c9-8(10,11)5(13)12-3-7(6(14)15)1-4(12)2-16-7/h4H,1-3H2,(H,14,15). The fourth-order valence-corrected chi connectivity index (χ4v) is 2.09. The van der Waals surface area contributed by atoms with Crippen LogP contribution >= 0.6 is 0 Å². The van der Waals surface area contributed by atoms with Crippen molar-refractivity contribution in [2.45, 2.75) is 24.2 Å². The molecule has 2 bridgehead atoms. The van der Waals surface area contributed by atoms with Gasteiger partial charge in [0.1, 0.15) is 0 Å². The molecule has 0 aromatic rings. The average molecular weight is 239 g/mol. The molecule has 2 atom stereocenters. The molecule has 0 aliphatic carbocycles. The number of likely N-dealkylation sites (tertiary alicyclic amines) is 1. The molecule has 90 valence electrons. The molecule has 1 N–H and O–H groups in total. The van der Waals surface area contributed by atoms with Gasteiger partial charge in [-0.15, -0.1) is 0 Å². The number of amides is 1. The van der Waals surface area contributed by atoms with Crippen molar-refractivity contribution in [2.24, 2.45) is 0 Å². The summed E-state index contributed by atoms with van der Waals surface area (Å²) in [5.74, 6) is -3.32. The molecule has 2 saturated heterocycles. The van der Waals surface area contributed by atoms with E-state index in [4.69, 9.17) is 9.84 Å². The summed E-state index contributed by atoms with van der Waals surface area (Å²) in [5, 5.41) is 8.85. The van der Waals surface area contributed by atoms with Gasteiger partial charge in [0.25, 0.3) is 0 Å². The summed E-state index contributed by atoms with van der Waals surface area (Å²) >= 11 is 0. The van der Waals surface area contributed by atoms with Crippen molar-refractivity contribution in [1.29, 1.82) is 0 Å². The maximum Gasteiger partial charge on any atom is 0.471 e. The molecule has 1 amide bonds. The summed E-state index contributed by atoms with van der Waals surface area (Å²) in [4.78, 5) is 22.4. The number of aliphatic carboxylic acids is 1. The fraction of sp³-hybridized carbons (Fsp3) is 0.750. The second-order valence-electron chi connectivity index (χ2n) is 3.90. The van der Waals surface area contributed by atoms with Crippen LogP contribution in [0.5, 0.6) is 0 Å². The number of morpholine rings is 1. The zero-order chi connectivity index (χ0) is 12.1. The van der Waals surface area contributed by atoms with E-state index in [0.29, 0.717) is 4.90 Å². The van der Waals surface area contributed by atoms with Gasteiger partial charge in [0, 0.05) is 6.42 Å². The average Bonchev–Trinajstić information content (AvgIpc) is 2.73. The third kappa shape index (κ3) is 1.44. The largest absolute Gasteiger partial charge is 0.479 e. The van der Waals surface area contributed by atoms with E-state index in [0.717, 1.165) is 0 Å². The van der Waals surface area contributed by atoms with Crippen LogP contribution in [0, 0.1) is 0 Å². The normalized spacial score (nSPS) is 33.2. The van der Waals surface area contributed by atoms with Crippen LogP contribution < -0.4 is 0 Å². The smallest absolute Gasteiger partial charge is 0.471 e. The van der Waals surface area contributed by atoms with Crippen molar-refractivity contribution in [2.75, 3.05) is 13.2 Å². The lowest BCUT2D eigenvalue weighted by atomic mass is 10.0. The van der Waals surface area contributed by atoms with E-state index in [9.17, 15) is 22.8 Å². The number of fused-ring (bicyclic) bond motifs is 2. The molecule has 2 rings (SSSR count). The monoisotopic (exact) mass is 239 g/mol. The number of alkyl halides is 3. The van der Waals surface area contributed by atoms with Crippen LogP contribution in [0.2, 0.25) is 0 Å². The number of carbonyl (C=O) groups is 2. The minimum Gasteiger partial charge on any atom is -0.479 e. The van der Waals surface area contributed by atoms with Gasteiger partial charge in [0.15, 0.2) is 5.60 Å². The predicted octanol–water partition coefficient (Wildman–Crippen LogP) is 0.00320. The number of carboxylic acid groups (broad SMARTS) is 1. The molecule has 0 radical (unpaired) electrons. The third-order valence-electron chi connectivity index (χ3n) is 2.88. The number of hydrogen-bond donors (Lipinski definition) is 1. The fourth-order valence-electron chi connectivity index (χ4n) is 2.09. The molecule has 2 aliphatic heterocycles. The first-order chi connectivity index (χ1) is 7.26. The Morgan fingerprint density at radius 3 is 2.50 bits per heavy atom. The van der Waals surface area contributed by atoms with Gasteiger partial charge in [0.05, 0.1) is 19.2 Å². The first kappa shape index (κ1) is 11.2. The zero-order valence-electron chi connectivity index (χ0n) is 7.95.